The van der Waals surface area contributed by atoms with Crippen LogP contribution in [-0.2, 0) is 9.59 Å². The minimum atomic E-state index is -0.737. The summed E-state index contributed by atoms with van der Waals surface area (Å²) in [6.07, 6.45) is 7.13. The third-order valence-electron chi connectivity index (χ3n) is 7.26. The number of benzene rings is 2. The molecule has 1 unspecified atom stereocenters. The highest BCUT2D eigenvalue weighted by Crippen LogP contribution is 2.38. The Morgan fingerprint density at radius 3 is 1.93 bits per heavy atom. The number of methoxy groups -OCH3 is 3. The molecule has 2 aromatic carbocycles. The molecule has 2 aliphatic rings. The molecule has 3 amide bonds. The SMILES string of the molecule is CC.COc1cc(C(=O)N2CCN(C3CCCCC3)CC2)cc(OC)c1OC.NC(=O)C(NC=O)c1ccccc1. The maximum absolute atomic E-state index is 13.0. The minimum absolute atomic E-state index is 0.0209. The summed E-state index contributed by atoms with van der Waals surface area (Å²) in [7, 11) is 4.69. The highest BCUT2D eigenvalue weighted by molar-refractivity contribution is 5.95. The summed E-state index contributed by atoms with van der Waals surface area (Å²) in [5, 5.41) is 2.34. The van der Waals surface area contributed by atoms with Crippen LogP contribution in [0, 0.1) is 0 Å². The van der Waals surface area contributed by atoms with Gasteiger partial charge in [-0.05, 0) is 30.5 Å². The molecular formula is C31H46N4O6. The summed E-state index contributed by atoms with van der Waals surface area (Å²) in [5.74, 6) is 0.978. The number of carbonyl (C=O) groups is 3. The number of amides is 3. The Labute approximate surface area is 244 Å². The van der Waals surface area contributed by atoms with Crippen molar-refractivity contribution in [2.45, 2.75) is 58.0 Å². The zero-order chi connectivity index (χ0) is 30.2. The van der Waals surface area contributed by atoms with Gasteiger partial charge in [0.1, 0.15) is 6.04 Å². The van der Waals surface area contributed by atoms with E-state index < -0.39 is 11.9 Å². The number of nitrogens with one attached hydrogen (secondary N) is 1. The summed E-state index contributed by atoms with van der Waals surface area (Å²) in [5.41, 5.74) is 6.35. The van der Waals surface area contributed by atoms with Crippen LogP contribution in [0.2, 0.25) is 0 Å². The summed E-state index contributed by atoms with van der Waals surface area (Å²) < 4.78 is 16.1. The van der Waals surface area contributed by atoms with Gasteiger partial charge in [0.25, 0.3) is 5.91 Å². The first-order valence-corrected chi connectivity index (χ1v) is 14.3. The van der Waals surface area contributed by atoms with Crippen LogP contribution in [0.25, 0.3) is 0 Å². The molecule has 0 spiro atoms. The van der Waals surface area contributed by atoms with Crippen molar-refractivity contribution >= 4 is 18.2 Å². The number of primary amides is 1. The molecule has 0 bridgehead atoms. The van der Waals surface area contributed by atoms with Crippen molar-refractivity contribution in [2.24, 2.45) is 5.73 Å². The summed E-state index contributed by atoms with van der Waals surface area (Å²) in [6, 6.07) is 12.3. The van der Waals surface area contributed by atoms with Crippen molar-refractivity contribution < 1.29 is 28.6 Å². The topological polar surface area (TPSA) is 123 Å². The van der Waals surface area contributed by atoms with Gasteiger partial charge in [-0.15, -0.1) is 0 Å². The molecule has 1 atom stereocenters. The van der Waals surface area contributed by atoms with Crippen LogP contribution >= 0.6 is 0 Å². The fourth-order valence-corrected chi connectivity index (χ4v) is 5.18. The molecule has 4 rings (SSSR count). The van der Waals surface area contributed by atoms with Gasteiger partial charge in [-0.25, -0.2) is 0 Å². The van der Waals surface area contributed by atoms with E-state index in [2.05, 4.69) is 10.2 Å². The summed E-state index contributed by atoms with van der Waals surface area (Å²) in [4.78, 5) is 38.5. The lowest BCUT2D eigenvalue weighted by atomic mass is 9.94. The molecule has 1 aliphatic heterocycles. The lowest BCUT2D eigenvalue weighted by Crippen LogP contribution is -2.52. The van der Waals surface area contributed by atoms with Crippen molar-refractivity contribution in [1.29, 1.82) is 0 Å². The van der Waals surface area contributed by atoms with E-state index in [4.69, 9.17) is 19.9 Å². The Kier molecular flexibility index (Phi) is 14.5. The molecule has 41 heavy (non-hydrogen) atoms. The molecule has 1 aliphatic carbocycles. The normalized spacial score (nSPS) is 16.1. The molecule has 0 radical (unpaired) electrons. The Morgan fingerprint density at radius 1 is 0.902 bits per heavy atom. The third-order valence-corrected chi connectivity index (χ3v) is 7.26. The average molecular weight is 571 g/mol. The quantitative estimate of drug-likeness (QED) is 0.440. The second-order valence-electron chi connectivity index (χ2n) is 9.56. The molecule has 2 fully saturated rings. The van der Waals surface area contributed by atoms with Crippen LogP contribution in [0.15, 0.2) is 42.5 Å². The second-order valence-corrected chi connectivity index (χ2v) is 9.56. The molecule has 3 N–H and O–H groups in total. The van der Waals surface area contributed by atoms with Gasteiger partial charge in [-0.2, -0.15) is 0 Å². The van der Waals surface area contributed by atoms with Crippen LogP contribution in [0.1, 0.15) is 67.9 Å². The molecule has 1 saturated heterocycles. The van der Waals surface area contributed by atoms with Gasteiger partial charge in [-0.3, -0.25) is 19.3 Å². The first kappa shape index (κ1) is 33.4. The van der Waals surface area contributed by atoms with E-state index in [-0.39, 0.29) is 5.91 Å². The van der Waals surface area contributed by atoms with Crippen LogP contribution in [-0.4, -0.2) is 81.6 Å². The van der Waals surface area contributed by atoms with Crippen molar-refractivity contribution in [1.82, 2.24) is 15.1 Å². The zero-order valence-electron chi connectivity index (χ0n) is 25.1. The minimum Gasteiger partial charge on any atom is -0.493 e. The number of rotatable bonds is 9. The maximum atomic E-state index is 13.0. The monoisotopic (exact) mass is 570 g/mol. The summed E-state index contributed by atoms with van der Waals surface area (Å²) >= 11 is 0. The molecule has 1 heterocycles. The van der Waals surface area contributed by atoms with Gasteiger partial charge >= 0.3 is 0 Å². The summed E-state index contributed by atoms with van der Waals surface area (Å²) in [6.45, 7) is 7.46. The molecule has 10 heteroatoms. The number of hydrogen-bond acceptors (Lipinski definition) is 7. The van der Waals surface area contributed by atoms with Gasteiger partial charge in [0.2, 0.25) is 18.1 Å². The standard InChI is InChI=1S/C20H30N2O4.C9H10N2O2.C2H6/c1-24-17-13-15(14-18(25-2)19(17)26-3)20(23)22-11-9-21(10-12-22)16-7-5-4-6-8-16;10-9(13)8(11-6-12)7-4-2-1-3-5-7;1-2/h13-14,16H,4-12H2,1-3H3;1-6,8H,(H2,10,13)(H,11,12);1-2H3. The second kappa shape index (κ2) is 17.8. The zero-order valence-corrected chi connectivity index (χ0v) is 25.1. The number of ether oxygens (including phenoxy) is 3. The maximum Gasteiger partial charge on any atom is 0.254 e. The number of nitrogens with two attached hydrogens (primary N) is 1. The highest BCUT2D eigenvalue weighted by atomic mass is 16.5. The van der Waals surface area contributed by atoms with Gasteiger partial charge in [0, 0.05) is 37.8 Å². The largest absolute Gasteiger partial charge is 0.493 e. The molecule has 10 nitrogen and oxygen atoms in total. The smallest absolute Gasteiger partial charge is 0.254 e. The average Bonchev–Trinajstić information content (AvgIpc) is 3.04. The Bertz CT molecular complexity index is 1060. The van der Waals surface area contributed by atoms with Crippen molar-refractivity contribution in [3.63, 3.8) is 0 Å². The van der Waals surface area contributed by atoms with Crippen LogP contribution < -0.4 is 25.3 Å². The van der Waals surface area contributed by atoms with E-state index in [0.717, 1.165) is 26.2 Å². The van der Waals surface area contributed by atoms with Gasteiger partial charge < -0.3 is 30.2 Å². The molecule has 2 aromatic rings. The number of carbonyl (C=O) groups excluding carboxylic acids is 3. The van der Waals surface area contributed by atoms with E-state index in [1.54, 1.807) is 57.7 Å². The Hall–Kier alpha value is -3.79. The number of nitrogens with zero attached hydrogens (tertiary/aromatic N) is 2. The number of piperazine rings is 1. The van der Waals surface area contributed by atoms with Crippen molar-refractivity contribution in [3.8, 4) is 17.2 Å². The lowest BCUT2D eigenvalue weighted by Gasteiger charge is -2.40. The number of hydrogen-bond donors (Lipinski definition) is 2. The van der Waals surface area contributed by atoms with Crippen LogP contribution in [0.4, 0.5) is 0 Å². The first-order chi connectivity index (χ1) is 19.9. The first-order valence-electron chi connectivity index (χ1n) is 14.3. The molecular weight excluding hydrogens is 524 g/mol. The Morgan fingerprint density at radius 2 is 1.46 bits per heavy atom. The fourth-order valence-electron chi connectivity index (χ4n) is 5.18. The lowest BCUT2D eigenvalue weighted by molar-refractivity contribution is -0.122. The Balaban J connectivity index is 0.000000330. The van der Waals surface area contributed by atoms with Gasteiger partial charge in [0.05, 0.1) is 21.3 Å². The van der Waals surface area contributed by atoms with E-state index in [0.29, 0.717) is 40.8 Å². The van der Waals surface area contributed by atoms with Crippen molar-refractivity contribution in [2.75, 3.05) is 47.5 Å². The molecule has 1 saturated carbocycles. The predicted octanol–water partition coefficient (Wildman–Crippen LogP) is 3.79. The van der Waals surface area contributed by atoms with Gasteiger partial charge in [0.15, 0.2) is 11.5 Å². The fraction of sp³-hybridized carbons (Fsp3) is 0.516. The van der Waals surface area contributed by atoms with E-state index in [1.807, 2.05) is 24.8 Å². The highest BCUT2D eigenvalue weighted by Gasteiger charge is 2.28. The predicted molar refractivity (Wildman–Crippen MR) is 159 cm³/mol. The molecule has 0 aromatic heterocycles. The molecule has 226 valence electrons. The van der Waals surface area contributed by atoms with Crippen molar-refractivity contribution in [3.05, 3.63) is 53.6 Å². The van der Waals surface area contributed by atoms with E-state index >= 15 is 0 Å². The van der Waals surface area contributed by atoms with E-state index in [9.17, 15) is 14.4 Å². The van der Waals surface area contributed by atoms with Crippen LogP contribution in [0.5, 0.6) is 17.2 Å². The van der Waals surface area contributed by atoms with Crippen LogP contribution in [0.3, 0.4) is 0 Å². The van der Waals surface area contributed by atoms with Gasteiger partial charge in [-0.1, -0.05) is 63.4 Å². The third kappa shape index (κ3) is 9.38. The van der Waals surface area contributed by atoms with E-state index in [1.165, 1.54) is 32.1 Å².